The largest absolute Gasteiger partial charge is 0.418 e. The number of pyridine rings is 1. The van der Waals surface area contributed by atoms with Gasteiger partial charge in [-0.1, -0.05) is 0 Å². The molecule has 2 aliphatic rings. The lowest BCUT2D eigenvalue weighted by Crippen LogP contribution is -2.53. The second-order valence-corrected chi connectivity index (χ2v) is 6.76. The summed E-state index contributed by atoms with van der Waals surface area (Å²) in [5.74, 6) is -0.410. The van der Waals surface area contributed by atoms with Crippen LogP contribution in [0.15, 0.2) is 24.5 Å². The molecule has 25 heavy (non-hydrogen) atoms. The number of hydrogen-bond donors (Lipinski definition) is 2. The number of hydrogen-bond acceptors (Lipinski definition) is 7. The van der Waals surface area contributed by atoms with Gasteiger partial charge in [-0.3, -0.25) is 24.8 Å². The number of carbonyl (C=O) groups is 2. The highest BCUT2D eigenvalue weighted by Gasteiger charge is 2.49. The van der Waals surface area contributed by atoms with Crippen molar-refractivity contribution in [1.82, 2.24) is 20.4 Å². The third-order valence-electron chi connectivity index (χ3n) is 4.11. The van der Waals surface area contributed by atoms with Crippen LogP contribution in [0.5, 0.6) is 0 Å². The van der Waals surface area contributed by atoms with Crippen LogP contribution in [0, 0.1) is 0 Å². The van der Waals surface area contributed by atoms with Crippen LogP contribution in [0.4, 0.5) is 10.5 Å². The van der Waals surface area contributed by atoms with Gasteiger partial charge in [0.2, 0.25) is 0 Å². The molecule has 2 fully saturated rings. The van der Waals surface area contributed by atoms with E-state index in [-0.39, 0.29) is 6.54 Å². The van der Waals surface area contributed by atoms with Crippen LogP contribution in [0.2, 0.25) is 0 Å². The van der Waals surface area contributed by atoms with Gasteiger partial charge in [-0.25, -0.2) is 4.79 Å². The molecule has 2 aliphatic heterocycles. The Hall–Kier alpha value is -2.44. The van der Waals surface area contributed by atoms with E-state index in [0.717, 1.165) is 0 Å². The number of hydrazine groups is 1. The van der Waals surface area contributed by atoms with E-state index in [1.807, 2.05) is 0 Å². The van der Waals surface area contributed by atoms with Gasteiger partial charge in [0.25, 0.3) is 5.91 Å². The summed E-state index contributed by atoms with van der Waals surface area (Å²) in [6.07, 6.45) is 3.88. The van der Waals surface area contributed by atoms with Gasteiger partial charge in [-0.05, 0) is 25.0 Å². The Balaban J connectivity index is 1.68. The lowest BCUT2D eigenvalue weighted by molar-refractivity contribution is -0.126. The normalized spacial score (nSPS) is 22.9. The number of amides is 3. The molecule has 1 aromatic rings. The Morgan fingerprint density at radius 2 is 2.24 bits per heavy atom. The van der Waals surface area contributed by atoms with E-state index in [1.165, 1.54) is 9.91 Å². The van der Waals surface area contributed by atoms with E-state index < -0.39 is 34.4 Å². The van der Waals surface area contributed by atoms with Crippen molar-refractivity contribution in [2.75, 3.05) is 18.6 Å². The Kier molecular flexibility index (Phi) is 4.49. The first-order valence-electron chi connectivity index (χ1n) is 7.47. The van der Waals surface area contributed by atoms with Crippen molar-refractivity contribution >= 4 is 28.0 Å². The average molecular weight is 371 g/mol. The van der Waals surface area contributed by atoms with E-state index in [2.05, 4.69) is 14.7 Å². The number of hydroxylamine groups is 2. The number of piperidine rings is 1. The van der Waals surface area contributed by atoms with Gasteiger partial charge in [0.1, 0.15) is 6.04 Å². The topological polar surface area (TPSA) is 132 Å². The summed E-state index contributed by atoms with van der Waals surface area (Å²) in [7, 11) is -3.17. The average Bonchev–Trinajstić information content (AvgIpc) is 2.79. The van der Waals surface area contributed by atoms with E-state index in [1.54, 1.807) is 31.6 Å². The Morgan fingerprint density at radius 3 is 2.88 bits per heavy atom. The molecule has 0 radical (unpaired) electrons. The number of nitrogens with one attached hydrogen (secondary N) is 1. The van der Waals surface area contributed by atoms with Crippen LogP contribution in [-0.2, 0) is 19.5 Å². The van der Waals surface area contributed by atoms with Gasteiger partial charge in [-0.2, -0.15) is 13.5 Å². The third-order valence-corrected chi connectivity index (χ3v) is 4.46. The number of anilines is 1. The molecule has 0 spiro atoms. The van der Waals surface area contributed by atoms with Crippen molar-refractivity contribution in [3.05, 3.63) is 24.5 Å². The second-order valence-electron chi connectivity index (χ2n) is 5.76. The molecule has 136 valence electrons. The third kappa shape index (κ3) is 3.65. The van der Waals surface area contributed by atoms with Crippen LogP contribution in [0.3, 0.4) is 0 Å². The van der Waals surface area contributed by atoms with Crippen LogP contribution in [0.1, 0.15) is 12.8 Å². The highest BCUT2D eigenvalue weighted by atomic mass is 32.3. The molecule has 0 aliphatic carbocycles. The van der Waals surface area contributed by atoms with Crippen LogP contribution >= 0.6 is 0 Å². The molecule has 3 amide bonds. The molecule has 11 nitrogen and oxygen atoms in total. The van der Waals surface area contributed by atoms with E-state index in [9.17, 15) is 18.0 Å². The van der Waals surface area contributed by atoms with E-state index >= 15 is 0 Å². The summed E-state index contributed by atoms with van der Waals surface area (Å²) in [6, 6.07) is 1.40. The van der Waals surface area contributed by atoms with E-state index in [4.69, 9.17) is 4.55 Å². The summed E-state index contributed by atoms with van der Waals surface area (Å²) in [5, 5.41) is 2.09. The SMILES string of the molecule is CN(NC(=O)[C@@H]1CC[C@@H]2CN1C(=O)N2OS(=O)(=O)O)c1cccnc1. The molecule has 2 saturated heterocycles. The molecule has 1 aromatic heterocycles. The van der Waals surface area contributed by atoms with Gasteiger partial charge in [-0.15, -0.1) is 4.28 Å². The smallest absolute Gasteiger partial charge is 0.309 e. The van der Waals surface area contributed by atoms with Gasteiger partial charge in [0.05, 0.1) is 17.9 Å². The lowest BCUT2D eigenvalue weighted by Gasteiger charge is -2.31. The fourth-order valence-corrected chi connectivity index (χ4v) is 3.35. The summed E-state index contributed by atoms with van der Waals surface area (Å²) >= 11 is 0. The Bertz CT molecular complexity index is 772. The number of nitrogens with zero attached hydrogens (tertiary/aromatic N) is 4. The molecule has 0 aromatic carbocycles. The van der Waals surface area contributed by atoms with Gasteiger partial charge in [0, 0.05) is 19.8 Å². The highest BCUT2D eigenvalue weighted by Crippen LogP contribution is 2.30. The van der Waals surface area contributed by atoms with Crippen LogP contribution in [-0.4, -0.2) is 65.5 Å². The molecule has 3 heterocycles. The zero-order valence-electron chi connectivity index (χ0n) is 13.3. The zero-order chi connectivity index (χ0) is 18.2. The molecule has 2 bridgehead atoms. The first-order valence-corrected chi connectivity index (χ1v) is 8.84. The Labute approximate surface area is 144 Å². The zero-order valence-corrected chi connectivity index (χ0v) is 14.1. The molecule has 0 saturated carbocycles. The van der Waals surface area contributed by atoms with Crippen molar-refractivity contribution < 1.29 is 26.8 Å². The predicted molar refractivity (Wildman–Crippen MR) is 84.2 cm³/mol. The maximum Gasteiger partial charge on any atom is 0.418 e. The second kappa shape index (κ2) is 6.46. The van der Waals surface area contributed by atoms with Crippen molar-refractivity contribution in [2.45, 2.75) is 24.9 Å². The molecule has 2 N–H and O–H groups in total. The molecule has 12 heteroatoms. The van der Waals surface area contributed by atoms with E-state index in [0.29, 0.717) is 23.6 Å². The number of fused-ring (bicyclic) bond motifs is 2. The summed E-state index contributed by atoms with van der Waals surface area (Å²) in [4.78, 5) is 30.0. The minimum absolute atomic E-state index is 0.142. The first-order chi connectivity index (χ1) is 11.8. The van der Waals surface area contributed by atoms with Crippen LogP contribution < -0.4 is 10.4 Å². The monoisotopic (exact) mass is 371 g/mol. The van der Waals surface area contributed by atoms with Gasteiger partial charge < -0.3 is 4.90 Å². The van der Waals surface area contributed by atoms with Crippen LogP contribution in [0.25, 0.3) is 0 Å². The van der Waals surface area contributed by atoms with Gasteiger partial charge >= 0.3 is 16.4 Å². The molecule has 3 rings (SSSR count). The molecule has 2 atom stereocenters. The fourth-order valence-electron chi connectivity index (χ4n) is 2.96. The summed E-state index contributed by atoms with van der Waals surface area (Å²) in [6.45, 7) is 0.142. The fraction of sp³-hybridized carbons (Fsp3) is 0.462. The van der Waals surface area contributed by atoms with Crippen molar-refractivity contribution in [3.63, 3.8) is 0 Å². The first kappa shape index (κ1) is 17.4. The molecular formula is C13H17N5O6S. The molecular weight excluding hydrogens is 354 g/mol. The number of carbonyl (C=O) groups excluding carboxylic acids is 2. The number of rotatable bonds is 5. The summed E-state index contributed by atoms with van der Waals surface area (Å²) in [5.41, 5.74) is 3.33. The maximum absolute atomic E-state index is 12.5. The molecule has 0 unspecified atom stereocenters. The maximum atomic E-state index is 12.5. The highest BCUT2D eigenvalue weighted by molar-refractivity contribution is 7.80. The van der Waals surface area contributed by atoms with Crippen molar-refractivity contribution in [3.8, 4) is 0 Å². The quantitative estimate of drug-likeness (QED) is 0.525. The summed E-state index contributed by atoms with van der Waals surface area (Å²) < 4.78 is 34.8. The number of aromatic nitrogens is 1. The van der Waals surface area contributed by atoms with Gasteiger partial charge in [0.15, 0.2) is 0 Å². The lowest BCUT2D eigenvalue weighted by atomic mass is 10.0. The van der Waals surface area contributed by atoms with Crippen molar-refractivity contribution in [1.29, 1.82) is 0 Å². The standard InChI is InChI=1S/C13H17N5O6S/c1-16(9-3-2-6-14-7-9)15-12(19)11-5-4-10-8-17(11)13(20)18(10)24-25(21,22)23/h2-3,6-7,10-11H,4-5,8H2,1H3,(H,15,19)(H,21,22,23)/t10-,11+/m1/s1. The predicted octanol–water partition coefficient (Wildman–Crippen LogP) is -0.448. The minimum atomic E-state index is -4.81. The van der Waals surface area contributed by atoms with Crippen molar-refractivity contribution in [2.24, 2.45) is 0 Å². The number of urea groups is 1. The Morgan fingerprint density at radius 1 is 1.48 bits per heavy atom. The minimum Gasteiger partial charge on any atom is -0.309 e.